The van der Waals surface area contributed by atoms with E-state index in [2.05, 4.69) is 41.7 Å². The van der Waals surface area contributed by atoms with Crippen LogP contribution in [0.2, 0.25) is 0 Å². The number of rotatable bonds is 8. The van der Waals surface area contributed by atoms with Gasteiger partial charge >= 0.3 is 0 Å². The zero-order valence-electron chi connectivity index (χ0n) is 14.5. The maximum Gasteiger partial charge on any atom is 0.191 e. The number of nitrogens with one attached hydrogen (secondary N) is 3. The van der Waals surface area contributed by atoms with Gasteiger partial charge < -0.3 is 20.7 Å². The standard InChI is InChI=1S/C16H34N4O/c1-15(2,3)20-11-10-18-14(17-4)19-13-16(7-6-8-16)9-12-21-5/h20H,6-13H2,1-5H3,(H2,17,18,19). The van der Waals surface area contributed by atoms with Gasteiger partial charge in [-0.1, -0.05) is 6.42 Å². The Bertz CT molecular complexity index is 319. The zero-order chi connectivity index (χ0) is 15.8. The molecule has 21 heavy (non-hydrogen) atoms. The third-order valence-electron chi connectivity index (χ3n) is 4.18. The number of hydrogen-bond donors (Lipinski definition) is 3. The van der Waals surface area contributed by atoms with E-state index in [1.807, 2.05) is 7.05 Å². The summed E-state index contributed by atoms with van der Waals surface area (Å²) < 4.78 is 5.24. The van der Waals surface area contributed by atoms with Gasteiger partial charge in [-0.15, -0.1) is 0 Å². The molecule has 0 aliphatic heterocycles. The molecular weight excluding hydrogens is 264 g/mol. The highest BCUT2D eigenvalue weighted by atomic mass is 16.5. The fourth-order valence-electron chi connectivity index (χ4n) is 2.62. The summed E-state index contributed by atoms with van der Waals surface area (Å²) in [5.41, 5.74) is 0.575. The van der Waals surface area contributed by atoms with E-state index >= 15 is 0 Å². The molecule has 3 N–H and O–H groups in total. The van der Waals surface area contributed by atoms with Gasteiger partial charge in [0.05, 0.1) is 0 Å². The first-order valence-corrected chi connectivity index (χ1v) is 8.09. The molecule has 0 unspecified atom stereocenters. The summed E-state index contributed by atoms with van der Waals surface area (Å²) in [5, 5.41) is 10.3. The summed E-state index contributed by atoms with van der Waals surface area (Å²) in [6.07, 6.45) is 5.07. The number of nitrogens with zero attached hydrogens (tertiary/aromatic N) is 1. The van der Waals surface area contributed by atoms with Crippen molar-refractivity contribution in [2.24, 2.45) is 10.4 Å². The van der Waals surface area contributed by atoms with E-state index in [1.165, 1.54) is 19.3 Å². The minimum atomic E-state index is 0.161. The monoisotopic (exact) mass is 298 g/mol. The molecule has 1 aliphatic carbocycles. The van der Waals surface area contributed by atoms with Crippen molar-refractivity contribution in [1.82, 2.24) is 16.0 Å². The van der Waals surface area contributed by atoms with Crippen molar-refractivity contribution >= 4 is 5.96 Å². The highest BCUT2D eigenvalue weighted by Gasteiger charge is 2.36. The number of hydrogen-bond acceptors (Lipinski definition) is 3. The molecule has 0 aromatic heterocycles. The maximum absolute atomic E-state index is 5.24. The average Bonchev–Trinajstić information content (AvgIpc) is 2.38. The Morgan fingerprint density at radius 2 is 1.90 bits per heavy atom. The summed E-state index contributed by atoms with van der Waals surface area (Å²) >= 11 is 0. The van der Waals surface area contributed by atoms with Crippen LogP contribution in [-0.4, -0.2) is 51.9 Å². The molecule has 0 aromatic carbocycles. The van der Waals surface area contributed by atoms with Gasteiger partial charge in [0.25, 0.3) is 0 Å². The molecule has 5 nitrogen and oxygen atoms in total. The molecule has 1 aliphatic rings. The smallest absolute Gasteiger partial charge is 0.191 e. The van der Waals surface area contributed by atoms with Gasteiger partial charge in [0.1, 0.15) is 0 Å². The van der Waals surface area contributed by atoms with Gasteiger partial charge in [0.15, 0.2) is 5.96 Å². The number of ether oxygens (including phenoxy) is 1. The summed E-state index contributed by atoms with van der Waals surface area (Å²) in [6, 6.07) is 0. The van der Waals surface area contributed by atoms with E-state index < -0.39 is 0 Å². The second-order valence-corrected chi connectivity index (χ2v) is 7.13. The highest BCUT2D eigenvalue weighted by molar-refractivity contribution is 5.79. The fourth-order valence-corrected chi connectivity index (χ4v) is 2.62. The Hall–Kier alpha value is -0.810. The molecule has 124 valence electrons. The largest absolute Gasteiger partial charge is 0.385 e. The van der Waals surface area contributed by atoms with Crippen LogP contribution in [0.15, 0.2) is 4.99 Å². The van der Waals surface area contributed by atoms with E-state index in [0.717, 1.165) is 38.6 Å². The number of methoxy groups -OCH3 is 1. The molecule has 0 saturated heterocycles. The average molecular weight is 298 g/mol. The van der Waals surface area contributed by atoms with Crippen molar-refractivity contribution in [2.75, 3.05) is 40.4 Å². The normalized spacial score (nSPS) is 18.2. The van der Waals surface area contributed by atoms with Crippen molar-refractivity contribution in [3.63, 3.8) is 0 Å². The highest BCUT2D eigenvalue weighted by Crippen LogP contribution is 2.43. The van der Waals surface area contributed by atoms with Crippen LogP contribution in [0.25, 0.3) is 0 Å². The predicted octanol–water partition coefficient (Wildman–Crippen LogP) is 1.75. The Morgan fingerprint density at radius 1 is 1.19 bits per heavy atom. The van der Waals surface area contributed by atoms with Crippen molar-refractivity contribution in [1.29, 1.82) is 0 Å². The molecule has 1 saturated carbocycles. The molecule has 0 amide bonds. The number of aliphatic imine (C=N–C) groups is 1. The molecule has 0 aromatic rings. The second-order valence-electron chi connectivity index (χ2n) is 7.13. The predicted molar refractivity (Wildman–Crippen MR) is 89.9 cm³/mol. The van der Waals surface area contributed by atoms with Crippen LogP contribution in [-0.2, 0) is 4.74 Å². The molecule has 5 heteroatoms. The molecule has 0 spiro atoms. The first kappa shape index (κ1) is 18.2. The van der Waals surface area contributed by atoms with Crippen molar-refractivity contribution in [3.8, 4) is 0 Å². The Labute approximate surface area is 130 Å². The lowest BCUT2D eigenvalue weighted by Crippen LogP contribution is -2.48. The van der Waals surface area contributed by atoms with E-state index in [-0.39, 0.29) is 5.54 Å². The lowest BCUT2D eigenvalue weighted by atomic mass is 9.67. The van der Waals surface area contributed by atoms with E-state index in [0.29, 0.717) is 5.41 Å². The Kier molecular flexibility index (Phi) is 7.46. The molecule has 0 atom stereocenters. The summed E-state index contributed by atoms with van der Waals surface area (Å²) in [5.74, 6) is 0.898. The SMILES string of the molecule is CN=C(NCCNC(C)(C)C)NCC1(CCOC)CCC1. The van der Waals surface area contributed by atoms with Crippen LogP contribution in [0.5, 0.6) is 0 Å². The first-order valence-electron chi connectivity index (χ1n) is 8.09. The zero-order valence-corrected chi connectivity index (χ0v) is 14.5. The summed E-state index contributed by atoms with van der Waals surface area (Å²) in [4.78, 5) is 4.30. The van der Waals surface area contributed by atoms with Crippen molar-refractivity contribution in [2.45, 2.75) is 52.0 Å². The van der Waals surface area contributed by atoms with Gasteiger partial charge in [-0.25, -0.2) is 0 Å². The van der Waals surface area contributed by atoms with Crippen LogP contribution in [0, 0.1) is 5.41 Å². The number of guanidine groups is 1. The molecule has 0 bridgehead atoms. The summed E-state index contributed by atoms with van der Waals surface area (Å²) in [7, 11) is 3.61. The van der Waals surface area contributed by atoms with Gasteiger partial charge in [-0.3, -0.25) is 4.99 Å². The topological polar surface area (TPSA) is 57.7 Å². The third-order valence-corrected chi connectivity index (χ3v) is 4.18. The fraction of sp³-hybridized carbons (Fsp3) is 0.938. The Morgan fingerprint density at radius 3 is 2.38 bits per heavy atom. The van der Waals surface area contributed by atoms with Crippen LogP contribution in [0.4, 0.5) is 0 Å². The summed E-state index contributed by atoms with van der Waals surface area (Å²) in [6.45, 7) is 10.2. The lowest BCUT2D eigenvalue weighted by Gasteiger charge is -2.42. The minimum absolute atomic E-state index is 0.161. The van der Waals surface area contributed by atoms with Crippen LogP contribution < -0.4 is 16.0 Å². The first-order chi connectivity index (χ1) is 9.91. The molecule has 1 rings (SSSR count). The van der Waals surface area contributed by atoms with Crippen molar-refractivity contribution < 1.29 is 4.74 Å². The van der Waals surface area contributed by atoms with Gasteiger partial charge in [-0.2, -0.15) is 0 Å². The second kappa shape index (κ2) is 8.59. The van der Waals surface area contributed by atoms with Crippen LogP contribution in [0.1, 0.15) is 46.5 Å². The quantitative estimate of drug-likeness (QED) is 0.363. The van der Waals surface area contributed by atoms with E-state index in [4.69, 9.17) is 4.74 Å². The van der Waals surface area contributed by atoms with E-state index in [9.17, 15) is 0 Å². The minimum Gasteiger partial charge on any atom is -0.385 e. The third kappa shape index (κ3) is 7.14. The molecular formula is C16H34N4O. The van der Waals surface area contributed by atoms with E-state index in [1.54, 1.807) is 7.11 Å². The Balaban J connectivity index is 2.24. The lowest BCUT2D eigenvalue weighted by molar-refractivity contribution is 0.0732. The van der Waals surface area contributed by atoms with Gasteiger partial charge in [0.2, 0.25) is 0 Å². The van der Waals surface area contributed by atoms with Crippen LogP contribution >= 0.6 is 0 Å². The van der Waals surface area contributed by atoms with Gasteiger partial charge in [0, 0.05) is 45.9 Å². The van der Waals surface area contributed by atoms with Gasteiger partial charge in [-0.05, 0) is 45.4 Å². The maximum atomic E-state index is 5.24. The van der Waals surface area contributed by atoms with Crippen LogP contribution in [0.3, 0.4) is 0 Å². The molecule has 1 fully saturated rings. The van der Waals surface area contributed by atoms with Crippen molar-refractivity contribution in [3.05, 3.63) is 0 Å². The molecule has 0 heterocycles. The molecule has 0 radical (unpaired) electrons.